The number of phenolic OH excluding ortho intramolecular Hbond substituents is 1. The Kier molecular flexibility index (Phi) is 8.48. The van der Waals surface area contributed by atoms with Crippen molar-refractivity contribution in [1.82, 2.24) is 19.8 Å². The van der Waals surface area contributed by atoms with E-state index in [-0.39, 0.29) is 89.6 Å². The molecule has 9 nitrogen and oxygen atoms in total. The smallest absolute Gasteiger partial charge is 0.319 e. The van der Waals surface area contributed by atoms with Gasteiger partial charge in [-0.25, -0.2) is 17.6 Å². The normalized spacial score (nSPS) is 22.0. The number of nitriles is 1. The van der Waals surface area contributed by atoms with Crippen molar-refractivity contribution in [3.63, 3.8) is 0 Å². The molecule has 4 aromatic rings. The molecule has 1 N–H and O–H groups in total. The van der Waals surface area contributed by atoms with Gasteiger partial charge in [-0.2, -0.15) is 15.2 Å². The largest absolute Gasteiger partial charge is 0.508 e. The van der Waals surface area contributed by atoms with Gasteiger partial charge in [0.15, 0.2) is 11.6 Å². The first kappa shape index (κ1) is 33.1. The van der Waals surface area contributed by atoms with Crippen molar-refractivity contribution >= 4 is 33.4 Å². The van der Waals surface area contributed by atoms with Crippen molar-refractivity contribution in [3.05, 3.63) is 66.0 Å². The average Bonchev–Trinajstić information content (AvgIpc) is 3.62. The summed E-state index contributed by atoms with van der Waals surface area (Å²) in [6.45, 7) is 4.46. The first-order chi connectivity index (χ1) is 24.0. The number of piperazine rings is 1. The van der Waals surface area contributed by atoms with Gasteiger partial charge in [0.2, 0.25) is 0 Å². The predicted molar refractivity (Wildman–Crippen MR) is 179 cm³/mol. The second kappa shape index (κ2) is 12.8. The fourth-order valence-electron chi connectivity index (χ4n) is 7.82. The number of phenols is 1. The maximum atomic E-state index is 16.9. The molecular formula is C37H32F4N6O3. The number of benzene rings is 3. The summed E-state index contributed by atoms with van der Waals surface area (Å²) in [5, 5.41) is 21.0. The van der Waals surface area contributed by atoms with Crippen LogP contribution in [-0.4, -0.2) is 87.9 Å². The Bertz CT molecular complexity index is 2150. The molecule has 256 valence electrons. The van der Waals surface area contributed by atoms with Crippen LogP contribution < -0.4 is 9.64 Å². The lowest BCUT2D eigenvalue weighted by atomic mass is 9.93. The predicted octanol–water partition coefficient (Wildman–Crippen LogP) is 5.78. The summed E-state index contributed by atoms with van der Waals surface area (Å²) >= 11 is 0. The zero-order valence-electron chi connectivity index (χ0n) is 26.9. The zero-order valence-corrected chi connectivity index (χ0v) is 26.9. The number of aromatic hydroxyl groups is 1. The van der Waals surface area contributed by atoms with E-state index in [1.165, 1.54) is 35.2 Å². The van der Waals surface area contributed by atoms with Crippen LogP contribution in [0.2, 0.25) is 0 Å². The van der Waals surface area contributed by atoms with Crippen LogP contribution in [0.3, 0.4) is 0 Å². The summed E-state index contributed by atoms with van der Waals surface area (Å²) < 4.78 is 66.4. The van der Waals surface area contributed by atoms with E-state index in [0.717, 1.165) is 19.4 Å². The number of aromatic nitrogens is 2. The number of alkyl halides is 1. The van der Waals surface area contributed by atoms with Gasteiger partial charge in [-0.3, -0.25) is 9.69 Å². The lowest BCUT2D eigenvalue weighted by molar-refractivity contribution is -0.131. The van der Waals surface area contributed by atoms with E-state index < -0.39 is 41.1 Å². The SMILES string of the molecule is C#Cc1c(F)ccc2cc(O)cc(-c3ccc4c(N5CCN(C(=O)C(=C)F)[C@@H](CC#N)C5)nc(OC[C@@]56CCCN5C[C@H](F)C6)nc4c3F)c12. The number of hydrogen-bond donors (Lipinski definition) is 1. The van der Waals surface area contributed by atoms with E-state index >= 15 is 4.39 Å². The van der Waals surface area contributed by atoms with Gasteiger partial charge in [-0.1, -0.05) is 24.6 Å². The first-order valence-corrected chi connectivity index (χ1v) is 16.2. The maximum absolute atomic E-state index is 16.9. The minimum absolute atomic E-state index is 0.0213. The third kappa shape index (κ3) is 5.61. The monoisotopic (exact) mass is 684 g/mol. The molecule has 3 atom stereocenters. The highest BCUT2D eigenvalue weighted by atomic mass is 19.1. The van der Waals surface area contributed by atoms with Crippen LogP contribution in [0.4, 0.5) is 23.4 Å². The van der Waals surface area contributed by atoms with Crippen molar-refractivity contribution in [1.29, 1.82) is 5.26 Å². The molecule has 0 spiro atoms. The number of carbonyl (C=O) groups is 1. The van der Waals surface area contributed by atoms with E-state index in [4.69, 9.17) is 11.2 Å². The molecule has 3 aliphatic rings. The van der Waals surface area contributed by atoms with E-state index in [1.807, 2.05) is 6.07 Å². The number of fused-ring (bicyclic) bond motifs is 3. The number of carbonyl (C=O) groups excluding carboxylic acids is 1. The highest BCUT2D eigenvalue weighted by Crippen LogP contribution is 2.42. The molecule has 3 aromatic carbocycles. The van der Waals surface area contributed by atoms with Crippen LogP contribution in [0.25, 0.3) is 32.8 Å². The number of amides is 1. The van der Waals surface area contributed by atoms with Gasteiger partial charge in [0, 0.05) is 48.9 Å². The Morgan fingerprint density at radius 3 is 2.72 bits per heavy atom. The molecule has 1 amide bonds. The molecule has 0 saturated carbocycles. The van der Waals surface area contributed by atoms with Crippen LogP contribution in [0, 0.1) is 35.3 Å². The fourth-order valence-corrected chi connectivity index (χ4v) is 7.82. The van der Waals surface area contributed by atoms with E-state index in [9.17, 15) is 28.3 Å². The van der Waals surface area contributed by atoms with Crippen LogP contribution in [0.15, 0.2) is 48.8 Å². The molecule has 1 aromatic heterocycles. The van der Waals surface area contributed by atoms with Crippen molar-refractivity contribution in [2.75, 3.05) is 44.2 Å². The summed E-state index contributed by atoms with van der Waals surface area (Å²) in [5.41, 5.74) is -0.678. The Balaban J connectivity index is 1.36. The highest BCUT2D eigenvalue weighted by molar-refractivity contribution is 6.04. The molecule has 50 heavy (non-hydrogen) atoms. The number of hydrogen-bond acceptors (Lipinski definition) is 8. The molecular weight excluding hydrogens is 652 g/mol. The van der Waals surface area contributed by atoms with Gasteiger partial charge >= 0.3 is 6.01 Å². The van der Waals surface area contributed by atoms with Gasteiger partial charge in [-0.15, -0.1) is 6.42 Å². The zero-order chi connectivity index (χ0) is 35.3. The Morgan fingerprint density at radius 1 is 1.14 bits per heavy atom. The van der Waals surface area contributed by atoms with Crippen LogP contribution in [-0.2, 0) is 4.79 Å². The Morgan fingerprint density at radius 2 is 1.96 bits per heavy atom. The summed E-state index contributed by atoms with van der Waals surface area (Å²) in [4.78, 5) is 26.8. The lowest BCUT2D eigenvalue weighted by Crippen LogP contribution is -2.55. The van der Waals surface area contributed by atoms with E-state index in [0.29, 0.717) is 11.9 Å². The Hall–Kier alpha value is -5.40. The molecule has 3 saturated heterocycles. The van der Waals surface area contributed by atoms with Gasteiger partial charge in [0.25, 0.3) is 5.91 Å². The van der Waals surface area contributed by atoms with Gasteiger partial charge in [-0.05, 0) is 54.6 Å². The molecule has 7 rings (SSSR count). The number of ether oxygens (including phenoxy) is 1. The van der Waals surface area contributed by atoms with E-state index in [2.05, 4.69) is 27.4 Å². The quantitative estimate of drug-likeness (QED) is 0.148. The van der Waals surface area contributed by atoms with Gasteiger partial charge in [0.05, 0.1) is 29.6 Å². The molecule has 0 radical (unpaired) electrons. The third-order valence-electron chi connectivity index (χ3n) is 10.1. The van der Waals surface area contributed by atoms with Crippen molar-refractivity contribution in [2.45, 2.75) is 43.4 Å². The minimum atomic E-state index is -1.14. The number of anilines is 1. The second-order valence-electron chi connectivity index (χ2n) is 13.0. The fraction of sp³-hybridized carbons (Fsp3) is 0.351. The molecule has 4 heterocycles. The second-order valence-corrected chi connectivity index (χ2v) is 13.0. The average molecular weight is 685 g/mol. The molecule has 0 unspecified atom stereocenters. The van der Waals surface area contributed by atoms with Crippen molar-refractivity contribution in [2.24, 2.45) is 0 Å². The molecule has 13 heteroatoms. The third-order valence-corrected chi connectivity index (χ3v) is 10.1. The Labute approximate surface area is 285 Å². The van der Waals surface area contributed by atoms with Crippen LogP contribution >= 0.6 is 0 Å². The van der Waals surface area contributed by atoms with Crippen molar-refractivity contribution in [3.8, 4) is 41.3 Å². The summed E-state index contributed by atoms with van der Waals surface area (Å²) in [6, 6.07) is 9.50. The van der Waals surface area contributed by atoms with E-state index in [1.54, 1.807) is 11.0 Å². The summed E-state index contributed by atoms with van der Waals surface area (Å²) in [5.74, 6) is -1.17. The standard InChI is InChI=1S/C37H32F4N6O3/c1-3-26-30(40)8-5-22-15-25(48)16-29(31(22)26)27-6-7-28-33(32(27)41)43-36(50-20-37-10-4-12-46(37)18-23(39)17-37)44-34(28)45-13-14-47(35(49)21(2)38)24(19-45)9-11-42/h1,5-8,15-16,23-24,48H,2,4,9-10,12-14,17-20H2/t23-,24+,37+/m1/s1. The summed E-state index contributed by atoms with van der Waals surface area (Å²) in [7, 11) is 0. The molecule has 0 aliphatic carbocycles. The molecule has 3 fully saturated rings. The van der Waals surface area contributed by atoms with Gasteiger partial charge < -0.3 is 19.6 Å². The number of nitrogens with zero attached hydrogens (tertiary/aromatic N) is 6. The number of halogens is 4. The first-order valence-electron chi connectivity index (χ1n) is 16.2. The lowest BCUT2D eigenvalue weighted by Gasteiger charge is -2.41. The minimum Gasteiger partial charge on any atom is -0.508 e. The number of terminal acetylenes is 1. The maximum Gasteiger partial charge on any atom is 0.319 e. The number of rotatable bonds is 7. The highest BCUT2D eigenvalue weighted by Gasteiger charge is 2.49. The van der Waals surface area contributed by atoms with Crippen LogP contribution in [0.1, 0.15) is 31.2 Å². The molecule has 3 aliphatic heterocycles. The topological polar surface area (TPSA) is 106 Å². The summed E-state index contributed by atoms with van der Waals surface area (Å²) in [6.07, 6.45) is 6.45. The van der Waals surface area contributed by atoms with Crippen molar-refractivity contribution < 1.29 is 32.2 Å². The molecule has 0 bridgehead atoms. The van der Waals surface area contributed by atoms with Gasteiger partial charge in [0.1, 0.15) is 35.7 Å². The van der Waals surface area contributed by atoms with Crippen LogP contribution in [0.5, 0.6) is 11.8 Å².